The van der Waals surface area contributed by atoms with E-state index < -0.39 is 0 Å². The summed E-state index contributed by atoms with van der Waals surface area (Å²) in [6, 6.07) is 6.04. The second-order valence-corrected chi connectivity index (χ2v) is 4.96. The molecular formula is C14H24N2O. The molecule has 1 rings (SSSR count). The van der Waals surface area contributed by atoms with Gasteiger partial charge in [0.15, 0.2) is 0 Å². The van der Waals surface area contributed by atoms with Crippen molar-refractivity contribution in [2.75, 3.05) is 25.6 Å². The molecule has 0 heterocycles. The van der Waals surface area contributed by atoms with E-state index in [2.05, 4.69) is 31.9 Å². The highest BCUT2D eigenvalue weighted by Crippen LogP contribution is 2.33. The zero-order valence-corrected chi connectivity index (χ0v) is 11.5. The van der Waals surface area contributed by atoms with E-state index in [1.807, 2.05) is 19.1 Å². The number of hydrogen-bond donors (Lipinski definition) is 1. The molecule has 0 aromatic heterocycles. The van der Waals surface area contributed by atoms with Gasteiger partial charge in [0, 0.05) is 30.9 Å². The molecular weight excluding hydrogens is 212 g/mol. The predicted octanol–water partition coefficient (Wildman–Crippen LogP) is 2.81. The van der Waals surface area contributed by atoms with Gasteiger partial charge in [-0.25, -0.2) is 0 Å². The molecule has 0 saturated carbocycles. The number of anilines is 1. The van der Waals surface area contributed by atoms with Crippen molar-refractivity contribution in [1.29, 1.82) is 0 Å². The maximum absolute atomic E-state index is 6.05. The summed E-state index contributed by atoms with van der Waals surface area (Å²) in [6.07, 6.45) is 0. The monoisotopic (exact) mass is 236 g/mol. The Morgan fingerprint density at radius 2 is 1.94 bits per heavy atom. The largest absolute Gasteiger partial charge is 0.496 e. The third-order valence-corrected chi connectivity index (χ3v) is 2.77. The van der Waals surface area contributed by atoms with Gasteiger partial charge in [0.05, 0.1) is 7.11 Å². The fourth-order valence-electron chi connectivity index (χ4n) is 2.15. The molecule has 17 heavy (non-hydrogen) atoms. The van der Waals surface area contributed by atoms with Gasteiger partial charge < -0.3 is 15.4 Å². The van der Waals surface area contributed by atoms with E-state index in [1.54, 1.807) is 7.11 Å². The zero-order chi connectivity index (χ0) is 13.0. The summed E-state index contributed by atoms with van der Waals surface area (Å²) < 4.78 is 5.40. The summed E-state index contributed by atoms with van der Waals surface area (Å²) >= 11 is 0. The Kier molecular flexibility index (Phi) is 4.82. The van der Waals surface area contributed by atoms with Gasteiger partial charge in [-0.1, -0.05) is 19.9 Å². The summed E-state index contributed by atoms with van der Waals surface area (Å²) in [5.74, 6) is 1.49. The number of nitrogens with zero attached hydrogens (tertiary/aromatic N) is 1. The first kappa shape index (κ1) is 13.8. The summed E-state index contributed by atoms with van der Waals surface area (Å²) in [5.41, 5.74) is 8.29. The molecule has 1 aromatic rings. The minimum absolute atomic E-state index is 0.0317. The molecule has 0 aliphatic heterocycles. The lowest BCUT2D eigenvalue weighted by molar-refractivity contribution is 0.407. The standard InChI is InChI=1S/C14H24N2O/c1-10(2)9-16(4)12-7-6-8-13(17-5)14(12)11(3)15/h6-8,10-11H,9,15H2,1-5H3/t11-/m1/s1. The maximum atomic E-state index is 6.05. The Morgan fingerprint density at radius 3 is 2.41 bits per heavy atom. The van der Waals surface area contributed by atoms with Gasteiger partial charge in [-0.2, -0.15) is 0 Å². The number of hydrogen-bond acceptors (Lipinski definition) is 3. The van der Waals surface area contributed by atoms with Crippen molar-refractivity contribution >= 4 is 5.69 Å². The lowest BCUT2D eigenvalue weighted by Crippen LogP contribution is -2.25. The molecule has 0 aliphatic rings. The van der Waals surface area contributed by atoms with Crippen LogP contribution in [0.25, 0.3) is 0 Å². The zero-order valence-electron chi connectivity index (χ0n) is 11.5. The van der Waals surface area contributed by atoms with Crippen LogP contribution >= 0.6 is 0 Å². The van der Waals surface area contributed by atoms with Crippen LogP contribution in [0.4, 0.5) is 5.69 Å². The number of methoxy groups -OCH3 is 1. The highest BCUT2D eigenvalue weighted by Gasteiger charge is 2.16. The topological polar surface area (TPSA) is 38.5 Å². The van der Waals surface area contributed by atoms with Crippen molar-refractivity contribution < 1.29 is 4.74 Å². The van der Waals surface area contributed by atoms with Crippen LogP contribution in [0.1, 0.15) is 32.4 Å². The molecule has 2 N–H and O–H groups in total. The summed E-state index contributed by atoms with van der Waals surface area (Å²) in [5, 5.41) is 0. The first-order valence-electron chi connectivity index (χ1n) is 6.11. The van der Waals surface area contributed by atoms with Crippen molar-refractivity contribution in [2.45, 2.75) is 26.8 Å². The molecule has 0 spiro atoms. The van der Waals surface area contributed by atoms with E-state index in [0.717, 1.165) is 23.5 Å². The van der Waals surface area contributed by atoms with Crippen LogP contribution in [0.2, 0.25) is 0 Å². The Labute approximate surface area is 105 Å². The Bertz CT molecular complexity index is 361. The second-order valence-electron chi connectivity index (χ2n) is 4.96. The molecule has 0 radical (unpaired) electrons. The van der Waals surface area contributed by atoms with Crippen LogP contribution in [0, 0.1) is 5.92 Å². The van der Waals surface area contributed by atoms with Crippen molar-refractivity contribution in [3.63, 3.8) is 0 Å². The second kappa shape index (κ2) is 5.92. The molecule has 0 amide bonds. The van der Waals surface area contributed by atoms with Crippen molar-refractivity contribution in [3.05, 3.63) is 23.8 Å². The number of rotatable bonds is 5. The highest BCUT2D eigenvalue weighted by atomic mass is 16.5. The lowest BCUT2D eigenvalue weighted by atomic mass is 10.0. The quantitative estimate of drug-likeness (QED) is 0.854. The Balaban J connectivity index is 3.13. The van der Waals surface area contributed by atoms with Gasteiger partial charge >= 0.3 is 0 Å². The molecule has 0 aliphatic carbocycles. The van der Waals surface area contributed by atoms with Crippen LogP contribution in [0.15, 0.2) is 18.2 Å². The van der Waals surface area contributed by atoms with E-state index >= 15 is 0 Å². The van der Waals surface area contributed by atoms with Crippen molar-refractivity contribution in [3.8, 4) is 5.75 Å². The highest BCUT2D eigenvalue weighted by molar-refractivity contribution is 5.60. The number of ether oxygens (including phenoxy) is 1. The van der Waals surface area contributed by atoms with Gasteiger partial charge in [-0.05, 0) is 25.0 Å². The first-order chi connectivity index (χ1) is 7.97. The lowest BCUT2D eigenvalue weighted by Gasteiger charge is -2.26. The summed E-state index contributed by atoms with van der Waals surface area (Å²) in [6.45, 7) is 7.42. The molecule has 0 saturated heterocycles. The van der Waals surface area contributed by atoms with Crippen LogP contribution in [0.5, 0.6) is 5.75 Å². The van der Waals surface area contributed by atoms with E-state index in [9.17, 15) is 0 Å². The van der Waals surface area contributed by atoms with E-state index in [4.69, 9.17) is 10.5 Å². The van der Waals surface area contributed by atoms with Crippen LogP contribution < -0.4 is 15.4 Å². The van der Waals surface area contributed by atoms with Gasteiger partial charge in [0.25, 0.3) is 0 Å². The number of nitrogens with two attached hydrogens (primary N) is 1. The SMILES string of the molecule is COc1cccc(N(C)CC(C)C)c1[C@@H](C)N. The molecule has 96 valence electrons. The fourth-order valence-corrected chi connectivity index (χ4v) is 2.15. The van der Waals surface area contributed by atoms with E-state index in [0.29, 0.717) is 5.92 Å². The molecule has 0 fully saturated rings. The first-order valence-corrected chi connectivity index (χ1v) is 6.11. The smallest absolute Gasteiger partial charge is 0.125 e. The minimum Gasteiger partial charge on any atom is -0.496 e. The average molecular weight is 236 g/mol. The molecule has 3 nitrogen and oxygen atoms in total. The molecule has 3 heteroatoms. The van der Waals surface area contributed by atoms with Gasteiger partial charge in [0.2, 0.25) is 0 Å². The molecule has 0 unspecified atom stereocenters. The average Bonchev–Trinajstić information content (AvgIpc) is 2.26. The number of benzene rings is 1. The molecule has 0 bridgehead atoms. The van der Waals surface area contributed by atoms with Crippen LogP contribution in [-0.2, 0) is 0 Å². The third-order valence-electron chi connectivity index (χ3n) is 2.77. The van der Waals surface area contributed by atoms with Crippen LogP contribution in [0.3, 0.4) is 0 Å². The van der Waals surface area contributed by atoms with Gasteiger partial charge in [0.1, 0.15) is 5.75 Å². The van der Waals surface area contributed by atoms with E-state index in [1.165, 1.54) is 0 Å². The minimum atomic E-state index is -0.0317. The van der Waals surface area contributed by atoms with Crippen LogP contribution in [-0.4, -0.2) is 20.7 Å². The summed E-state index contributed by atoms with van der Waals surface area (Å²) in [7, 11) is 3.79. The van der Waals surface area contributed by atoms with Crippen molar-refractivity contribution in [1.82, 2.24) is 0 Å². The van der Waals surface area contributed by atoms with Crippen molar-refractivity contribution in [2.24, 2.45) is 11.7 Å². The Morgan fingerprint density at radius 1 is 1.29 bits per heavy atom. The van der Waals surface area contributed by atoms with E-state index in [-0.39, 0.29) is 6.04 Å². The predicted molar refractivity (Wildman–Crippen MR) is 73.7 cm³/mol. The molecule has 1 aromatic carbocycles. The normalized spacial score (nSPS) is 12.6. The molecule has 1 atom stereocenters. The van der Waals surface area contributed by atoms with Gasteiger partial charge in [-0.15, -0.1) is 0 Å². The van der Waals surface area contributed by atoms with Gasteiger partial charge in [-0.3, -0.25) is 0 Å². The summed E-state index contributed by atoms with van der Waals surface area (Å²) in [4.78, 5) is 2.24. The fraction of sp³-hybridized carbons (Fsp3) is 0.571. The third kappa shape index (κ3) is 3.37. The maximum Gasteiger partial charge on any atom is 0.125 e. The Hall–Kier alpha value is -1.22.